The number of aromatic nitrogens is 2. The molecular formula is C15H17N3O3. The van der Waals surface area contributed by atoms with E-state index in [2.05, 4.69) is 10.4 Å². The second kappa shape index (κ2) is 6.21. The second-order valence-corrected chi connectivity index (χ2v) is 4.63. The van der Waals surface area contributed by atoms with Gasteiger partial charge in [-0.15, -0.1) is 0 Å². The Morgan fingerprint density at radius 2 is 1.95 bits per heavy atom. The number of ether oxygens (including phenoxy) is 1. The quantitative estimate of drug-likeness (QED) is 0.869. The van der Waals surface area contributed by atoms with Crippen molar-refractivity contribution in [2.75, 3.05) is 12.4 Å². The van der Waals surface area contributed by atoms with E-state index < -0.39 is 5.97 Å². The molecule has 0 aliphatic heterocycles. The van der Waals surface area contributed by atoms with Gasteiger partial charge in [0.2, 0.25) is 5.91 Å². The number of hydrogen-bond acceptors (Lipinski definition) is 4. The maximum absolute atomic E-state index is 12.1. The molecule has 6 nitrogen and oxygen atoms in total. The number of amides is 1. The summed E-state index contributed by atoms with van der Waals surface area (Å²) in [5.41, 5.74) is 2.09. The van der Waals surface area contributed by atoms with Crippen molar-refractivity contribution in [2.45, 2.75) is 13.3 Å². The topological polar surface area (TPSA) is 73.2 Å². The molecule has 1 N–H and O–H groups in total. The minimum Gasteiger partial charge on any atom is -0.464 e. The van der Waals surface area contributed by atoms with Gasteiger partial charge in [-0.25, -0.2) is 4.79 Å². The third-order valence-corrected chi connectivity index (χ3v) is 3.07. The number of nitrogens with one attached hydrogen (secondary N) is 1. The standard InChI is InChI=1S/C15H17N3O3/c1-10-13(14(15(20)21-3)18(2)17-10)16-12(19)9-11-7-5-4-6-8-11/h4-8H,9H2,1-3H3,(H,16,19). The lowest BCUT2D eigenvalue weighted by Crippen LogP contribution is -2.18. The van der Waals surface area contributed by atoms with Crippen molar-refractivity contribution < 1.29 is 14.3 Å². The maximum Gasteiger partial charge on any atom is 0.358 e. The van der Waals surface area contributed by atoms with Gasteiger partial charge in [-0.3, -0.25) is 9.48 Å². The number of esters is 1. The molecule has 1 aromatic carbocycles. The first-order chi connectivity index (χ1) is 10.0. The summed E-state index contributed by atoms with van der Waals surface area (Å²) in [7, 11) is 2.92. The monoisotopic (exact) mass is 287 g/mol. The number of anilines is 1. The Bertz CT molecular complexity index is 662. The average molecular weight is 287 g/mol. The minimum absolute atomic E-state index is 0.206. The van der Waals surface area contributed by atoms with Crippen molar-refractivity contribution in [3.05, 3.63) is 47.3 Å². The predicted molar refractivity (Wildman–Crippen MR) is 78.1 cm³/mol. The number of benzene rings is 1. The average Bonchev–Trinajstić information content (AvgIpc) is 2.73. The number of hydrogen-bond donors (Lipinski definition) is 1. The third kappa shape index (κ3) is 3.28. The lowest BCUT2D eigenvalue weighted by Gasteiger charge is -2.07. The van der Waals surface area contributed by atoms with E-state index in [9.17, 15) is 9.59 Å². The van der Waals surface area contributed by atoms with Crippen LogP contribution >= 0.6 is 0 Å². The van der Waals surface area contributed by atoms with Crippen LogP contribution in [0.4, 0.5) is 5.69 Å². The summed E-state index contributed by atoms with van der Waals surface area (Å²) in [5, 5.41) is 6.88. The summed E-state index contributed by atoms with van der Waals surface area (Å²) in [6.07, 6.45) is 0.232. The van der Waals surface area contributed by atoms with E-state index in [0.29, 0.717) is 11.4 Å². The normalized spacial score (nSPS) is 10.2. The highest BCUT2D eigenvalue weighted by Gasteiger charge is 2.22. The van der Waals surface area contributed by atoms with Crippen LogP contribution in [-0.2, 0) is 23.0 Å². The van der Waals surface area contributed by atoms with Crippen LogP contribution in [0.15, 0.2) is 30.3 Å². The number of carbonyl (C=O) groups excluding carboxylic acids is 2. The Labute approximate surface area is 122 Å². The molecule has 110 valence electrons. The molecule has 2 aromatic rings. The molecule has 6 heteroatoms. The van der Waals surface area contributed by atoms with E-state index in [1.165, 1.54) is 11.8 Å². The number of aryl methyl sites for hydroxylation is 2. The van der Waals surface area contributed by atoms with Gasteiger partial charge in [0.25, 0.3) is 0 Å². The van der Waals surface area contributed by atoms with Crippen molar-refractivity contribution in [1.29, 1.82) is 0 Å². The van der Waals surface area contributed by atoms with Crippen molar-refractivity contribution >= 4 is 17.6 Å². The van der Waals surface area contributed by atoms with Crippen molar-refractivity contribution in [3.8, 4) is 0 Å². The number of methoxy groups -OCH3 is 1. The molecule has 0 bridgehead atoms. The van der Waals surface area contributed by atoms with Crippen LogP contribution in [0.25, 0.3) is 0 Å². The fourth-order valence-corrected chi connectivity index (χ4v) is 2.10. The van der Waals surface area contributed by atoms with Crippen molar-refractivity contribution in [3.63, 3.8) is 0 Å². The van der Waals surface area contributed by atoms with E-state index in [-0.39, 0.29) is 18.0 Å². The SMILES string of the molecule is COC(=O)c1c(NC(=O)Cc2ccccc2)c(C)nn1C. The molecule has 21 heavy (non-hydrogen) atoms. The minimum atomic E-state index is -0.534. The zero-order valence-electron chi connectivity index (χ0n) is 12.2. The number of rotatable bonds is 4. The molecule has 1 aromatic heterocycles. The molecule has 1 heterocycles. The molecule has 1 amide bonds. The molecule has 0 saturated carbocycles. The van der Waals surface area contributed by atoms with Gasteiger partial charge in [0, 0.05) is 7.05 Å². The summed E-state index contributed by atoms with van der Waals surface area (Å²) in [6.45, 7) is 1.73. The van der Waals surface area contributed by atoms with E-state index in [0.717, 1.165) is 5.56 Å². The predicted octanol–water partition coefficient (Wildman–Crippen LogP) is 1.70. The van der Waals surface area contributed by atoms with E-state index in [1.54, 1.807) is 14.0 Å². The van der Waals surface area contributed by atoms with E-state index >= 15 is 0 Å². The van der Waals surface area contributed by atoms with Crippen molar-refractivity contribution in [1.82, 2.24) is 9.78 Å². The molecule has 0 radical (unpaired) electrons. The highest BCUT2D eigenvalue weighted by Crippen LogP contribution is 2.20. The summed E-state index contributed by atoms with van der Waals surface area (Å²) in [4.78, 5) is 23.9. The zero-order chi connectivity index (χ0) is 15.4. The summed E-state index contributed by atoms with van der Waals surface area (Å²) in [6, 6.07) is 9.38. The first-order valence-corrected chi connectivity index (χ1v) is 6.48. The lowest BCUT2D eigenvalue weighted by molar-refractivity contribution is -0.115. The van der Waals surface area contributed by atoms with Crippen molar-refractivity contribution in [2.24, 2.45) is 7.05 Å². The number of carbonyl (C=O) groups is 2. The van der Waals surface area contributed by atoms with Gasteiger partial charge in [-0.2, -0.15) is 5.10 Å². The molecule has 0 aliphatic carbocycles. The van der Waals surface area contributed by atoms with E-state index in [1.807, 2.05) is 30.3 Å². The zero-order valence-corrected chi connectivity index (χ0v) is 12.2. The first kappa shape index (κ1) is 14.8. The molecule has 2 rings (SSSR count). The van der Waals surface area contributed by atoms with Gasteiger partial charge in [-0.05, 0) is 12.5 Å². The molecule has 0 spiro atoms. The molecule has 0 fully saturated rings. The smallest absolute Gasteiger partial charge is 0.358 e. The third-order valence-electron chi connectivity index (χ3n) is 3.07. The van der Waals surface area contributed by atoms with Crippen LogP contribution in [0, 0.1) is 6.92 Å². The van der Waals surface area contributed by atoms with Crippen LogP contribution in [0.5, 0.6) is 0 Å². The Morgan fingerprint density at radius 1 is 1.29 bits per heavy atom. The van der Waals surface area contributed by atoms with Crippen LogP contribution in [0.3, 0.4) is 0 Å². The van der Waals surface area contributed by atoms with E-state index in [4.69, 9.17) is 4.74 Å². The van der Waals surface area contributed by atoms with Crippen LogP contribution in [0.1, 0.15) is 21.7 Å². The fourth-order valence-electron chi connectivity index (χ4n) is 2.10. The Morgan fingerprint density at radius 3 is 2.57 bits per heavy atom. The van der Waals surface area contributed by atoms with Gasteiger partial charge < -0.3 is 10.1 Å². The maximum atomic E-state index is 12.1. The lowest BCUT2D eigenvalue weighted by atomic mass is 10.1. The van der Waals surface area contributed by atoms with Gasteiger partial charge in [0.05, 0.1) is 24.9 Å². The summed E-state index contributed by atoms with van der Waals surface area (Å²) < 4.78 is 6.12. The number of nitrogens with zero attached hydrogens (tertiary/aromatic N) is 2. The Balaban J connectivity index is 2.19. The molecule has 0 aliphatic rings. The highest BCUT2D eigenvalue weighted by atomic mass is 16.5. The molecule has 0 atom stereocenters. The highest BCUT2D eigenvalue weighted by molar-refractivity contribution is 6.01. The largest absolute Gasteiger partial charge is 0.464 e. The summed E-state index contributed by atoms with van der Waals surface area (Å²) >= 11 is 0. The first-order valence-electron chi connectivity index (χ1n) is 6.48. The van der Waals surface area contributed by atoms with Crippen LogP contribution in [-0.4, -0.2) is 28.8 Å². The Hall–Kier alpha value is -2.63. The van der Waals surface area contributed by atoms with Crippen LogP contribution < -0.4 is 5.32 Å². The molecular weight excluding hydrogens is 270 g/mol. The second-order valence-electron chi connectivity index (χ2n) is 4.63. The summed E-state index contributed by atoms with van der Waals surface area (Å²) in [5.74, 6) is -0.740. The molecule has 0 saturated heterocycles. The van der Waals surface area contributed by atoms with Crippen LogP contribution in [0.2, 0.25) is 0 Å². The fraction of sp³-hybridized carbons (Fsp3) is 0.267. The van der Waals surface area contributed by atoms with Gasteiger partial charge in [0.15, 0.2) is 5.69 Å². The van der Waals surface area contributed by atoms with Gasteiger partial charge >= 0.3 is 5.97 Å². The Kier molecular flexibility index (Phi) is 4.37. The molecule has 0 unspecified atom stereocenters. The van der Waals surface area contributed by atoms with Gasteiger partial charge in [-0.1, -0.05) is 30.3 Å². The van der Waals surface area contributed by atoms with Gasteiger partial charge in [0.1, 0.15) is 0 Å².